The Kier molecular flexibility index (Phi) is 3.51. The van der Waals surface area contributed by atoms with Gasteiger partial charge in [-0.3, -0.25) is 9.59 Å². The molecule has 0 aromatic heterocycles. The zero-order valence-electron chi connectivity index (χ0n) is 11.4. The van der Waals surface area contributed by atoms with Crippen LogP contribution < -0.4 is 5.32 Å². The summed E-state index contributed by atoms with van der Waals surface area (Å²) in [6, 6.07) is 6.93. The van der Waals surface area contributed by atoms with Crippen LogP contribution in [-0.2, 0) is 16.2 Å². The Morgan fingerprint density at radius 2 is 1.90 bits per heavy atom. The first-order valence-electron chi connectivity index (χ1n) is 7.02. The van der Waals surface area contributed by atoms with Crippen LogP contribution in [0.4, 0.5) is 5.69 Å². The number of aliphatic hydroxyl groups excluding tert-OH is 1. The molecule has 0 heterocycles. The molecule has 1 fully saturated rings. The summed E-state index contributed by atoms with van der Waals surface area (Å²) in [5, 5.41) is 21.2. The van der Waals surface area contributed by atoms with Crippen molar-refractivity contribution in [2.24, 2.45) is 23.7 Å². The van der Waals surface area contributed by atoms with Crippen LogP contribution in [0.15, 0.2) is 36.4 Å². The molecule has 1 amide bonds. The van der Waals surface area contributed by atoms with Gasteiger partial charge in [0, 0.05) is 5.69 Å². The van der Waals surface area contributed by atoms with Crippen molar-refractivity contribution in [3.8, 4) is 0 Å². The summed E-state index contributed by atoms with van der Waals surface area (Å²) in [5.41, 5.74) is 1.29. The number of carboxylic acid groups (broad SMARTS) is 1. The summed E-state index contributed by atoms with van der Waals surface area (Å²) >= 11 is 0. The first-order valence-corrected chi connectivity index (χ1v) is 7.02. The first kappa shape index (κ1) is 13.8. The molecule has 5 heteroatoms. The lowest BCUT2D eigenvalue weighted by Gasteiger charge is -2.23. The van der Waals surface area contributed by atoms with Crippen molar-refractivity contribution in [1.82, 2.24) is 0 Å². The highest BCUT2D eigenvalue weighted by molar-refractivity contribution is 5.96. The SMILES string of the molecule is O=C(O)[C@@H]1[C@@H](C(=O)Nc2cccc(CO)c2)[C@H]2C=C[C@H]1C2. The molecule has 0 saturated heterocycles. The number of hydrogen-bond acceptors (Lipinski definition) is 3. The van der Waals surface area contributed by atoms with E-state index in [-0.39, 0.29) is 24.3 Å². The largest absolute Gasteiger partial charge is 0.481 e. The van der Waals surface area contributed by atoms with E-state index in [0.29, 0.717) is 11.3 Å². The Bertz CT molecular complexity index is 610. The van der Waals surface area contributed by atoms with E-state index in [0.717, 1.165) is 6.42 Å². The average Bonchev–Trinajstić information content (AvgIpc) is 3.07. The van der Waals surface area contributed by atoms with Crippen molar-refractivity contribution < 1.29 is 19.8 Å². The monoisotopic (exact) mass is 287 g/mol. The van der Waals surface area contributed by atoms with Crippen molar-refractivity contribution in [2.75, 3.05) is 5.32 Å². The number of aliphatic carboxylic acids is 1. The number of rotatable bonds is 4. The molecule has 0 radical (unpaired) electrons. The third-order valence-electron chi connectivity index (χ3n) is 4.42. The Labute approximate surface area is 122 Å². The summed E-state index contributed by atoms with van der Waals surface area (Å²) in [7, 11) is 0. The number of hydrogen-bond donors (Lipinski definition) is 3. The molecule has 21 heavy (non-hydrogen) atoms. The second kappa shape index (κ2) is 5.33. The summed E-state index contributed by atoms with van der Waals surface area (Å²) in [6.07, 6.45) is 4.61. The van der Waals surface area contributed by atoms with Crippen LogP contribution in [0, 0.1) is 23.7 Å². The summed E-state index contributed by atoms with van der Waals surface area (Å²) < 4.78 is 0. The maximum Gasteiger partial charge on any atom is 0.307 e. The van der Waals surface area contributed by atoms with Gasteiger partial charge in [0.1, 0.15) is 0 Å². The number of allylic oxidation sites excluding steroid dienone is 2. The molecule has 2 bridgehead atoms. The molecule has 0 spiro atoms. The Morgan fingerprint density at radius 1 is 1.19 bits per heavy atom. The molecule has 0 unspecified atom stereocenters. The normalized spacial score (nSPS) is 29.6. The summed E-state index contributed by atoms with van der Waals surface area (Å²) in [6.45, 7) is -0.0989. The number of nitrogens with one attached hydrogen (secondary N) is 1. The fraction of sp³-hybridized carbons (Fsp3) is 0.375. The van der Waals surface area contributed by atoms with Gasteiger partial charge in [-0.05, 0) is 36.0 Å². The second-order valence-corrected chi connectivity index (χ2v) is 5.69. The number of fused-ring (bicyclic) bond motifs is 2. The molecule has 3 rings (SSSR count). The van der Waals surface area contributed by atoms with Gasteiger partial charge >= 0.3 is 5.97 Å². The van der Waals surface area contributed by atoms with Crippen LogP contribution in [0.2, 0.25) is 0 Å². The minimum atomic E-state index is -0.906. The van der Waals surface area contributed by atoms with E-state index >= 15 is 0 Å². The van der Waals surface area contributed by atoms with E-state index in [1.54, 1.807) is 24.3 Å². The molecule has 3 N–H and O–H groups in total. The van der Waals surface area contributed by atoms with Crippen LogP contribution >= 0.6 is 0 Å². The van der Waals surface area contributed by atoms with Gasteiger partial charge in [-0.1, -0.05) is 24.3 Å². The van der Waals surface area contributed by atoms with E-state index in [2.05, 4.69) is 5.32 Å². The lowest BCUT2D eigenvalue weighted by molar-refractivity contribution is -0.146. The molecule has 1 aromatic carbocycles. The van der Waals surface area contributed by atoms with E-state index in [1.165, 1.54) is 0 Å². The molecular weight excluding hydrogens is 270 g/mol. The highest BCUT2D eigenvalue weighted by Gasteiger charge is 2.51. The number of amides is 1. The van der Waals surface area contributed by atoms with Crippen molar-refractivity contribution in [2.45, 2.75) is 13.0 Å². The highest BCUT2D eigenvalue weighted by atomic mass is 16.4. The molecule has 0 aliphatic heterocycles. The van der Waals surface area contributed by atoms with Gasteiger partial charge in [0.25, 0.3) is 0 Å². The molecule has 5 nitrogen and oxygen atoms in total. The van der Waals surface area contributed by atoms with Crippen molar-refractivity contribution in [1.29, 1.82) is 0 Å². The lowest BCUT2D eigenvalue weighted by atomic mass is 9.82. The van der Waals surface area contributed by atoms with Gasteiger partial charge in [0.15, 0.2) is 0 Å². The maximum absolute atomic E-state index is 12.4. The first-order chi connectivity index (χ1) is 10.1. The molecule has 110 valence electrons. The predicted octanol–water partition coefficient (Wildman–Crippen LogP) is 1.64. The highest BCUT2D eigenvalue weighted by Crippen LogP contribution is 2.48. The van der Waals surface area contributed by atoms with E-state index in [9.17, 15) is 14.7 Å². The topological polar surface area (TPSA) is 86.6 Å². The number of anilines is 1. The standard InChI is InChI=1S/C16H17NO4/c18-8-9-2-1-3-12(6-9)17-15(19)13-10-4-5-11(7-10)14(13)16(20)21/h1-6,10-11,13-14,18H,7-8H2,(H,17,19)(H,20,21)/t10-,11-,13-,14-/m0/s1. The summed E-state index contributed by atoms with van der Waals surface area (Å²) in [5.74, 6) is -2.34. The van der Waals surface area contributed by atoms with Crippen LogP contribution in [0.3, 0.4) is 0 Å². The molecular formula is C16H17NO4. The molecule has 4 atom stereocenters. The van der Waals surface area contributed by atoms with E-state index < -0.39 is 17.8 Å². The van der Waals surface area contributed by atoms with E-state index in [1.807, 2.05) is 12.2 Å². The number of benzene rings is 1. The quantitative estimate of drug-likeness (QED) is 0.735. The number of carboxylic acids is 1. The fourth-order valence-electron chi connectivity index (χ4n) is 3.49. The Morgan fingerprint density at radius 3 is 2.57 bits per heavy atom. The van der Waals surface area contributed by atoms with E-state index in [4.69, 9.17) is 5.11 Å². The van der Waals surface area contributed by atoms with Crippen molar-refractivity contribution in [3.63, 3.8) is 0 Å². The van der Waals surface area contributed by atoms with Crippen LogP contribution in [0.25, 0.3) is 0 Å². The van der Waals surface area contributed by atoms with Crippen LogP contribution in [0.5, 0.6) is 0 Å². The van der Waals surface area contributed by atoms with Gasteiger partial charge in [0.05, 0.1) is 18.4 Å². The summed E-state index contributed by atoms with van der Waals surface area (Å²) in [4.78, 5) is 23.9. The maximum atomic E-state index is 12.4. The zero-order chi connectivity index (χ0) is 15.0. The van der Waals surface area contributed by atoms with Gasteiger partial charge in [-0.2, -0.15) is 0 Å². The van der Waals surface area contributed by atoms with Gasteiger partial charge in [-0.25, -0.2) is 0 Å². The Balaban J connectivity index is 1.78. The second-order valence-electron chi connectivity index (χ2n) is 5.69. The van der Waals surface area contributed by atoms with Crippen LogP contribution in [-0.4, -0.2) is 22.1 Å². The van der Waals surface area contributed by atoms with Crippen molar-refractivity contribution >= 4 is 17.6 Å². The third-order valence-corrected chi connectivity index (χ3v) is 4.42. The number of carbonyl (C=O) groups excluding carboxylic acids is 1. The van der Waals surface area contributed by atoms with Gasteiger partial charge < -0.3 is 15.5 Å². The predicted molar refractivity (Wildman–Crippen MR) is 76.3 cm³/mol. The lowest BCUT2D eigenvalue weighted by Crippen LogP contribution is -2.36. The Hall–Kier alpha value is -2.14. The minimum absolute atomic E-state index is 0.0112. The molecule has 2 aliphatic carbocycles. The minimum Gasteiger partial charge on any atom is -0.481 e. The number of aliphatic hydroxyl groups is 1. The van der Waals surface area contributed by atoms with Crippen LogP contribution in [0.1, 0.15) is 12.0 Å². The number of carbonyl (C=O) groups is 2. The van der Waals surface area contributed by atoms with Crippen molar-refractivity contribution in [3.05, 3.63) is 42.0 Å². The smallest absolute Gasteiger partial charge is 0.307 e. The molecule has 2 aliphatic rings. The van der Waals surface area contributed by atoms with Gasteiger partial charge in [-0.15, -0.1) is 0 Å². The fourth-order valence-corrected chi connectivity index (χ4v) is 3.49. The molecule has 1 saturated carbocycles. The van der Waals surface area contributed by atoms with Gasteiger partial charge in [0.2, 0.25) is 5.91 Å². The molecule has 1 aromatic rings. The zero-order valence-corrected chi connectivity index (χ0v) is 11.4. The third kappa shape index (κ3) is 2.45. The average molecular weight is 287 g/mol.